The van der Waals surface area contributed by atoms with Gasteiger partial charge in [-0.1, -0.05) is 42.5 Å². The number of nitrogens with zero attached hydrogens (tertiary/aromatic N) is 4. The van der Waals surface area contributed by atoms with Crippen LogP contribution in [0.25, 0.3) is 0 Å². The van der Waals surface area contributed by atoms with E-state index in [-0.39, 0.29) is 24.7 Å². The molecule has 2 aliphatic heterocycles. The Morgan fingerprint density at radius 2 is 1.50 bits per heavy atom. The van der Waals surface area contributed by atoms with E-state index < -0.39 is 24.1 Å². The molecule has 9 heteroatoms. The van der Waals surface area contributed by atoms with Crippen molar-refractivity contribution in [2.45, 2.75) is 56.4 Å². The Kier molecular flexibility index (Phi) is 6.53. The monoisotopic (exact) mass is 530 g/mol. The fourth-order valence-corrected chi connectivity index (χ4v) is 6.56. The zero-order valence-electron chi connectivity index (χ0n) is 20.9. The highest BCUT2D eigenvalue weighted by Crippen LogP contribution is 2.39. The quantitative estimate of drug-likeness (QED) is 0.463. The second-order valence-corrected chi connectivity index (χ2v) is 11.2. The third-order valence-electron chi connectivity index (χ3n) is 7.73. The van der Waals surface area contributed by atoms with E-state index in [1.807, 2.05) is 83.1 Å². The van der Waals surface area contributed by atoms with Crippen LogP contribution in [0.5, 0.6) is 0 Å². The molecule has 3 atom stereocenters. The summed E-state index contributed by atoms with van der Waals surface area (Å²) in [5.41, 5.74) is 1.32. The number of benzene rings is 2. The zero-order valence-corrected chi connectivity index (χ0v) is 21.7. The van der Waals surface area contributed by atoms with Gasteiger partial charge >= 0.3 is 18.0 Å². The van der Waals surface area contributed by atoms with Gasteiger partial charge in [-0.15, -0.1) is 11.3 Å². The summed E-state index contributed by atoms with van der Waals surface area (Å²) in [6, 6.07) is 20.3. The van der Waals surface area contributed by atoms with Gasteiger partial charge in [-0.25, -0.2) is 14.4 Å². The third-order valence-corrected chi connectivity index (χ3v) is 8.59. The fourth-order valence-electron chi connectivity index (χ4n) is 5.85. The molecule has 196 valence electrons. The molecule has 0 spiro atoms. The molecular formula is C29H30N4O4S. The maximum Gasteiger partial charge on any atom is 0.329 e. The summed E-state index contributed by atoms with van der Waals surface area (Å²) in [5.74, 6) is -1.08. The van der Waals surface area contributed by atoms with Crippen LogP contribution in [-0.2, 0) is 11.3 Å². The minimum atomic E-state index is -1.12. The molecule has 3 heterocycles. The number of carbonyl (C=O) groups excluding carboxylic acids is 2. The summed E-state index contributed by atoms with van der Waals surface area (Å²) in [4.78, 5) is 48.7. The first-order valence-electron chi connectivity index (χ1n) is 13.1. The highest BCUT2D eigenvalue weighted by atomic mass is 32.1. The number of carboxylic acid groups (broad SMARTS) is 1. The van der Waals surface area contributed by atoms with Gasteiger partial charge in [-0.05, 0) is 61.4 Å². The van der Waals surface area contributed by atoms with Crippen molar-refractivity contribution < 1.29 is 19.5 Å². The molecule has 8 nitrogen and oxygen atoms in total. The Morgan fingerprint density at radius 1 is 0.842 bits per heavy atom. The minimum absolute atomic E-state index is 0.102. The molecule has 1 N–H and O–H groups in total. The molecule has 1 aromatic heterocycles. The fraction of sp³-hybridized carbons (Fsp3) is 0.345. The topological polar surface area (TPSA) is 84.4 Å². The molecule has 1 unspecified atom stereocenters. The zero-order chi connectivity index (χ0) is 26.2. The van der Waals surface area contributed by atoms with Crippen LogP contribution in [0.1, 0.15) is 30.6 Å². The van der Waals surface area contributed by atoms with Crippen LogP contribution < -0.4 is 4.90 Å². The molecule has 2 bridgehead atoms. The smallest absolute Gasteiger partial charge is 0.329 e. The summed E-state index contributed by atoms with van der Waals surface area (Å²) in [6.45, 7) is 0.721. The van der Waals surface area contributed by atoms with Crippen molar-refractivity contribution in [1.29, 1.82) is 0 Å². The Balaban J connectivity index is 1.31. The van der Waals surface area contributed by atoms with Crippen LogP contribution in [-0.4, -0.2) is 68.5 Å². The molecular weight excluding hydrogens is 500 g/mol. The number of thiophene rings is 1. The van der Waals surface area contributed by atoms with E-state index in [1.54, 1.807) is 21.1 Å². The number of carboxylic acids is 1. The van der Waals surface area contributed by atoms with Crippen molar-refractivity contribution >= 4 is 40.7 Å². The second kappa shape index (κ2) is 10.1. The first-order valence-corrected chi connectivity index (χ1v) is 14.0. The van der Waals surface area contributed by atoms with Crippen LogP contribution in [0.2, 0.25) is 0 Å². The van der Waals surface area contributed by atoms with Gasteiger partial charge in [0.1, 0.15) is 0 Å². The SMILES string of the molecule is O=C(O)[C@@H]1[C@H]2CCC(CN1C(=O)N(c1ccccc1)c1ccccc1)N2C(=O)N(Cc1cccs1)C1CC1. The van der Waals surface area contributed by atoms with Crippen LogP contribution >= 0.6 is 11.3 Å². The number of fused-ring (bicyclic) bond motifs is 2. The first-order chi connectivity index (χ1) is 18.5. The summed E-state index contributed by atoms with van der Waals surface area (Å²) in [6.07, 6.45) is 3.18. The number of urea groups is 2. The van der Waals surface area contributed by atoms with E-state index in [0.717, 1.165) is 17.7 Å². The molecule has 3 aliphatic rings. The number of likely N-dealkylation sites (tertiary alicyclic amines) is 1. The number of amides is 4. The van der Waals surface area contributed by atoms with Gasteiger partial charge in [0.05, 0.1) is 30.0 Å². The largest absolute Gasteiger partial charge is 0.480 e. The second-order valence-electron chi connectivity index (χ2n) is 10.2. The van der Waals surface area contributed by atoms with Gasteiger partial charge in [0, 0.05) is 17.5 Å². The number of anilines is 2. The van der Waals surface area contributed by atoms with Gasteiger partial charge in [0.2, 0.25) is 0 Å². The Labute approximate surface area is 225 Å². The van der Waals surface area contributed by atoms with E-state index in [0.29, 0.717) is 30.8 Å². The molecule has 38 heavy (non-hydrogen) atoms. The molecule has 3 fully saturated rings. The lowest BCUT2D eigenvalue weighted by atomic mass is 10.0. The van der Waals surface area contributed by atoms with Gasteiger partial charge in [-0.2, -0.15) is 0 Å². The summed E-state index contributed by atoms with van der Waals surface area (Å²) >= 11 is 1.62. The van der Waals surface area contributed by atoms with Crippen LogP contribution in [0.15, 0.2) is 78.2 Å². The van der Waals surface area contributed by atoms with Crippen molar-refractivity contribution in [3.05, 3.63) is 83.1 Å². The van der Waals surface area contributed by atoms with Gasteiger partial charge in [0.25, 0.3) is 0 Å². The van der Waals surface area contributed by atoms with Crippen LogP contribution in [0.4, 0.5) is 21.0 Å². The Morgan fingerprint density at radius 3 is 2.05 bits per heavy atom. The van der Waals surface area contributed by atoms with E-state index in [4.69, 9.17) is 0 Å². The molecule has 1 saturated carbocycles. The highest BCUT2D eigenvalue weighted by Gasteiger charge is 2.55. The highest BCUT2D eigenvalue weighted by molar-refractivity contribution is 7.09. The first kappa shape index (κ1) is 24.5. The van der Waals surface area contributed by atoms with Crippen LogP contribution in [0, 0.1) is 0 Å². The van der Waals surface area contributed by atoms with E-state index >= 15 is 0 Å². The molecule has 0 radical (unpaired) electrons. The number of hydrogen-bond donors (Lipinski definition) is 1. The summed E-state index contributed by atoms with van der Waals surface area (Å²) in [7, 11) is 0. The van der Waals surface area contributed by atoms with Gasteiger partial charge in [-0.3, -0.25) is 4.90 Å². The Hall–Kier alpha value is -3.85. The predicted molar refractivity (Wildman–Crippen MR) is 145 cm³/mol. The summed E-state index contributed by atoms with van der Waals surface area (Å²) < 4.78 is 0. The molecule has 6 rings (SSSR count). The molecule has 2 aromatic carbocycles. The van der Waals surface area contributed by atoms with E-state index in [9.17, 15) is 19.5 Å². The van der Waals surface area contributed by atoms with Crippen molar-refractivity contribution in [1.82, 2.24) is 14.7 Å². The molecule has 1 aliphatic carbocycles. The number of carbonyl (C=O) groups is 3. The third kappa shape index (κ3) is 4.51. The average Bonchev–Trinajstić information content (AvgIpc) is 3.56. The predicted octanol–water partition coefficient (Wildman–Crippen LogP) is 5.39. The molecule has 4 amide bonds. The van der Waals surface area contributed by atoms with E-state index in [2.05, 4.69) is 0 Å². The maximum absolute atomic E-state index is 14.1. The lowest BCUT2D eigenvalue weighted by Gasteiger charge is -2.47. The minimum Gasteiger partial charge on any atom is -0.480 e. The van der Waals surface area contributed by atoms with Crippen molar-refractivity contribution in [3.63, 3.8) is 0 Å². The number of rotatable bonds is 6. The average molecular weight is 531 g/mol. The summed E-state index contributed by atoms with van der Waals surface area (Å²) in [5, 5.41) is 12.4. The number of para-hydroxylation sites is 2. The lowest BCUT2D eigenvalue weighted by molar-refractivity contribution is -0.145. The lowest BCUT2D eigenvalue weighted by Crippen LogP contribution is -2.67. The molecule has 3 aromatic rings. The normalized spacial score (nSPS) is 22.3. The van der Waals surface area contributed by atoms with Crippen LogP contribution in [0.3, 0.4) is 0 Å². The number of hydrogen-bond acceptors (Lipinski definition) is 4. The van der Waals surface area contributed by atoms with Crippen molar-refractivity contribution in [2.75, 3.05) is 11.4 Å². The van der Waals surface area contributed by atoms with Crippen molar-refractivity contribution in [3.8, 4) is 0 Å². The number of aliphatic carboxylic acids is 1. The number of piperazine rings is 1. The molecule has 2 saturated heterocycles. The van der Waals surface area contributed by atoms with Gasteiger partial charge in [0.15, 0.2) is 6.04 Å². The van der Waals surface area contributed by atoms with E-state index in [1.165, 1.54) is 4.90 Å². The Bertz CT molecular complexity index is 1260. The van der Waals surface area contributed by atoms with Gasteiger partial charge < -0.3 is 19.8 Å². The standard InChI is InChI=1S/C29H30N4O4S/c34-27(35)26-25-16-15-23(33(25)28(36)30(20-13-14-20)19-24-12-7-17-38-24)18-31(26)29(37)32(21-8-3-1-4-9-21)22-10-5-2-6-11-22/h1-12,17,20,23,25-26H,13-16,18-19H2,(H,34,35)/t23?,25-,26+/m1/s1. The van der Waals surface area contributed by atoms with Crippen molar-refractivity contribution in [2.24, 2.45) is 0 Å². The maximum atomic E-state index is 14.1.